The van der Waals surface area contributed by atoms with Gasteiger partial charge in [-0.2, -0.15) is 0 Å². The standard InChI is InChI=1S/C7H14FNO/c1-7(2)9(3)5-6(4-8)10-7/h6H,4-5H2,1-3H3. The van der Waals surface area contributed by atoms with Gasteiger partial charge in [-0.1, -0.05) is 0 Å². The van der Waals surface area contributed by atoms with Gasteiger partial charge in [-0.3, -0.25) is 4.90 Å². The molecule has 10 heavy (non-hydrogen) atoms. The molecule has 2 nitrogen and oxygen atoms in total. The molecule has 1 aliphatic heterocycles. The number of hydrogen-bond acceptors (Lipinski definition) is 2. The number of hydrogen-bond donors (Lipinski definition) is 0. The van der Waals surface area contributed by atoms with Crippen LogP contribution >= 0.6 is 0 Å². The number of halogens is 1. The Labute approximate surface area is 61.0 Å². The first-order valence-corrected chi connectivity index (χ1v) is 3.51. The van der Waals surface area contributed by atoms with E-state index in [9.17, 15) is 4.39 Å². The molecular formula is C7H14FNO. The Bertz CT molecular complexity index is 127. The number of rotatable bonds is 1. The first-order chi connectivity index (χ1) is 4.56. The van der Waals surface area contributed by atoms with Crippen molar-refractivity contribution in [2.24, 2.45) is 0 Å². The lowest BCUT2D eigenvalue weighted by atomic mass is 10.3. The van der Waals surface area contributed by atoms with Crippen molar-refractivity contribution >= 4 is 0 Å². The lowest BCUT2D eigenvalue weighted by molar-refractivity contribution is -0.0715. The van der Waals surface area contributed by atoms with Crippen LogP contribution in [0.3, 0.4) is 0 Å². The normalized spacial score (nSPS) is 33.0. The van der Waals surface area contributed by atoms with E-state index < -0.39 is 0 Å². The second-order valence-electron chi connectivity index (χ2n) is 3.22. The van der Waals surface area contributed by atoms with Gasteiger partial charge in [0.25, 0.3) is 0 Å². The Morgan fingerprint density at radius 2 is 2.30 bits per heavy atom. The zero-order chi connectivity index (χ0) is 7.78. The van der Waals surface area contributed by atoms with Crippen LogP contribution < -0.4 is 0 Å². The van der Waals surface area contributed by atoms with E-state index in [-0.39, 0.29) is 18.5 Å². The molecule has 1 unspecified atom stereocenters. The number of ether oxygens (including phenoxy) is 1. The van der Waals surface area contributed by atoms with E-state index in [1.165, 1.54) is 0 Å². The summed E-state index contributed by atoms with van der Waals surface area (Å²) in [7, 11) is 1.94. The molecule has 60 valence electrons. The summed E-state index contributed by atoms with van der Waals surface area (Å²) >= 11 is 0. The van der Waals surface area contributed by atoms with Crippen LogP contribution in [0.2, 0.25) is 0 Å². The maximum atomic E-state index is 12.1. The van der Waals surface area contributed by atoms with Gasteiger partial charge in [0.2, 0.25) is 0 Å². The highest BCUT2D eigenvalue weighted by atomic mass is 19.1. The van der Waals surface area contributed by atoms with Gasteiger partial charge in [0, 0.05) is 6.54 Å². The van der Waals surface area contributed by atoms with Gasteiger partial charge >= 0.3 is 0 Å². The van der Waals surface area contributed by atoms with Crippen molar-refractivity contribution in [1.82, 2.24) is 4.90 Å². The first kappa shape index (κ1) is 7.95. The first-order valence-electron chi connectivity index (χ1n) is 3.51. The lowest BCUT2D eigenvalue weighted by Gasteiger charge is -2.25. The summed E-state index contributed by atoms with van der Waals surface area (Å²) in [6, 6.07) is 0. The average Bonchev–Trinajstić information content (AvgIpc) is 2.08. The summed E-state index contributed by atoms with van der Waals surface area (Å²) in [6.07, 6.45) is -0.222. The van der Waals surface area contributed by atoms with Crippen LogP contribution in [-0.4, -0.2) is 37.0 Å². The molecule has 0 N–H and O–H groups in total. The molecule has 1 heterocycles. The molecule has 0 radical (unpaired) electrons. The Balaban J connectivity index is 2.53. The van der Waals surface area contributed by atoms with E-state index in [0.29, 0.717) is 6.54 Å². The molecule has 1 rings (SSSR count). The van der Waals surface area contributed by atoms with E-state index in [0.717, 1.165) is 0 Å². The quantitative estimate of drug-likeness (QED) is 0.549. The van der Waals surface area contributed by atoms with Gasteiger partial charge < -0.3 is 4.74 Å². The SMILES string of the molecule is CN1CC(CF)OC1(C)C. The van der Waals surface area contributed by atoms with E-state index in [1.807, 2.05) is 25.8 Å². The predicted octanol–water partition coefficient (Wildman–Crippen LogP) is 1.02. The number of nitrogens with zero attached hydrogens (tertiary/aromatic N) is 1. The van der Waals surface area contributed by atoms with Gasteiger partial charge in [-0.05, 0) is 20.9 Å². The fraction of sp³-hybridized carbons (Fsp3) is 1.00. The van der Waals surface area contributed by atoms with Crippen molar-refractivity contribution in [3.8, 4) is 0 Å². The van der Waals surface area contributed by atoms with Crippen LogP contribution in [0.15, 0.2) is 0 Å². The fourth-order valence-electron chi connectivity index (χ4n) is 1.14. The molecule has 0 saturated carbocycles. The van der Waals surface area contributed by atoms with Crippen LogP contribution in [0.4, 0.5) is 4.39 Å². The second-order valence-corrected chi connectivity index (χ2v) is 3.22. The molecule has 1 saturated heterocycles. The zero-order valence-electron chi connectivity index (χ0n) is 6.72. The maximum Gasteiger partial charge on any atom is 0.117 e. The van der Waals surface area contributed by atoms with Crippen molar-refractivity contribution in [2.75, 3.05) is 20.3 Å². The second kappa shape index (κ2) is 2.47. The molecule has 1 fully saturated rings. The minimum Gasteiger partial charge on any atom is -0.354 e. The van der Waals surface area contributed by atoms with E-state index >= 15 is 0 Å². The van der Waals surface area contributed by atoms with Crippen molar-refractivity contribution in [3.63, 3.8) is 0 Å². The molecular weight excluding hydrogens is 133 g/mol. The van der Waals surface area contributed by atoms with Crippen molar-refractivity contribution < 1.29 is 9.13 Å². The number of likely N-dealkylation sites (N-methyl/N-ethyl adjacent to an activating group) is 1. The minimum atomic E-state index is -0.381. The molecule has 1 atom stereocenters. The fourth-order valence-corrected chi connectivity index (χ4v) is 1.14. The molecule has 0 aliphatic carbocycles. The smallest absolute Gasteiger partial charge is 0.117 e. The summed E-state index contributed by atoms with van der Waals surface area (Å²) in [5.41, 5.74) is -0.281. The maximum absolute atomic E-state index is 12.1. The van der Waals surface area contributed by atoms with Crippen LogP contribution in [-0.2, 0) is 4.74 Å². The predicted molar refractivity (Wildman–Crippen MR) is 37.6 cm³/mol. The van der Waals surface area contributed by atoms with Gasteiger partial charge in [0.05, 0.1) is 0 Å². The van der Waals surface area contributed by atoms with Gasteiger partial charge in [0.15, 0.2) is 0 Å². The number of alkyl halides is 1. The average molecular weight is 147 g/mol. The van der Waals surface area contributed by atoms with E-state index in [4.69, 9.17) is 4.74 Å². The Morgan fingerprint density at radius 1 is 1.70 bits per heavy atom. The lowest BCUT2D eigenvalue weighted by Crippen LogP contribution is -2.35. The molecule has 0 aromatic rings. The molecule has 0 aromatic heterocycles. The third-order valence-corrected chi connectivity index (χ3v) is 2.02. The largest absolute Gasteiger partial charge is 0.354 e. The molecule has 0 amide bonds. The topological polar surface area (TPSA) is 12.5 Å². The highest BCUT2D eigenvalue weighted by Crippen LogP contribution is 2.24. The molecule has 3 heteroatoms. The van der Waals surface area contributed by atoms with E-state index in [1.54, 1.807) is 0 Å². The Morgan fingerprint density at radius 3 is 2.50 bits per heavy atom. The molecule has 0 spiro atoms. The van der Waals surface area contributed by atoms with Crippen molar-refractivity contribution in [2.45, 2.75) is 25.7 Å². The van der Waals surface area contributed by atoms with Crippen molar-refractivity contribution in [1.29, 1.82) is 0 Å². The summed E-state index contributed by atoms with van der Waals surface area (Å²) in [5, 5.41) is 0. The van der Waals surface area contributed by atoms with Crippen LogP contribution in [0.1, 0.15) is 13.8 Å². The zero-order valence-corrected chi connectivity index (χ0v) is 6.72. The van der Waals surface area contributed by atoms with Crippen LogP contribution in [0.25, 0.3) is 0 Å². The molecule has 0 aromatic carbocycles. The highest BCUT2D eigenvalue weighted by Gasteiger charge is 2.36. The summed E-state index contributed by atoms with van der Waals surface area (Å²) in [5.74, 6) is 0. The third kappa shape index (κ3) is 1.30. The van der Waals surface area contributed by atoms with E-state index in [2.05, 4.69) is 0 Å². The van der Waals surface area contributed by atoms with Gasteiger partial charge in [-0.25, -0.2) is 4.39 Å². The van der Waals surface area contributed by atoms with Crippen LogP contribution in [0.5, 0.6) is 0 Å². The summed E-state index contributed by atoms with van der Waals surface area (Å²) < 4.78 is 17.4. The molecule has 1 aliphatic rings. The van der Waals surface area contributed by atoms with Gasteiger partial charge in [0.1, 0.15) is 18.5 Å². The minimum absolute atomic E-state index is 0.222. The Hall–Kier alpha value is -0.150. The summed E-state index contributed by atoms with van der Waals surface area (Å²) in [6.45, 7) is 4.21. The molecule has 0 bridgehead atoms. The van der Waals surface area contributed by atoms with Gasteiger partial charge in [-0.15, -0.1) is 0 Å². The van der Waals surface area contributed by atoms with Crippen LogP contribution in [0, 0.1) is 0 Å². The summed E-state index contributed by atoms with van der Waals surface area (Å²) in [4.78, 5) is 2.01. The Kier molecular flexibility index (Phi) is 1.97. The monoisotopic (exact) mass is 147 g/mol. The third-order valence-electron chi connectivity index (χ3n) is 2.02. The van der Waals surface area contributed by atoms with Crippen molar-refractivity contribution in [3.05, 3.63) is 0 Å². The highest BCUT2D eigenvalue weighted by molar-refractivity contribution is 4.80.